The van der Waals surface area contributed by atoms with Gasteiger partial charge in [0.25, 0.3) is 0 Å². The smallest absolute Gasteiger partial charge is 0.214 e. The van der Waals surface area contributed by atoms with Crippen LogP contribution in [0.2, 0.25) is 0 Å². The van der Waals surface area contributed by atoms with E-state index in [1.165, 1.54) is 5.56 Å². The fraction of sp³-hybridized carbons (Fsp3) is 0.190. The molecule has 4 aromatic rings. The average Bonchev–Trinajstić information content (AvgIpc) is 3.00. The van der Waals surface area contributed by atoms with Gasteiger partial charge in [0.1, 0.15) is 12.1 Å². The molecule has 0 aliphatic heterocycles. The maximum Gasteiger partial charge on any atom is 0.214 e. The molecule has 5 nitrogen and oxygen atoms in total. The molecule has 4 rings (SSSR count). The molecule has 0 saturated heterocycles. The van der Waals surface area contributed by atoms with Crippen molar-refractivity contribution in [3.63, 3.8) is 0 Å². The first-order valence-electron chi connectivity index (χ1n) is 8.64. The van der Waals surface area contributed by atoms with Crippen LogP contribution < -0.4 is 5.32 Å². The quantitative estimate of drug-likeness (QED) is 0.577. The molecule has 130 valence electrons. The molecule has 2 aromatic carbocycles. The number of anilines is 2. The van der Waals surface area contributed by atoms with E-state index in [2.05, 4.69) is 60.3 Å². The van der Waals surface area contributed by atoms with Gasteiger partial charge in [-0.25, -0.2) is 15.0 Å². The highest BCUT2D eigenvalue weighted by Gasteiger charge is 2.15. The fourth-order valence-electron chi connectivity index (χ4n) is 2.94. The largest absolute Gasteiger partial charge is 0.325 e. The first kappa shape index (κ1) is 16.3. The average molecular weight is 343 g/mol. The number of rotatable bonds is 3. The topological polar surface area (TPSA) is 55.6 Å². The molecule has 0 bridgehead atoms. The van der Waals surface area contributed by atoms with Gasteiger partial charge in [0, 0.05) is 11.9 Å². The molecule has 2 aromatic heterocycles. The van der Waals surface area contributed by atoms with Gasteiger partial charge in [0.05, 0.1) is 11.0 Å². The van der Waals surface area contributed by atoms with E-state index in [0.29, 0.717) is 0 Å². The fourth-order valence-corrected chi connectivity index (χ4v) is 2.94. The van der Waals surface area contributed by atoms with Crippen molar-refractivity contribution in [1.29, 1.82) is 0 Å². The summed E-state index contributed by atoms with van der Waals surface area (Å²) in [7, 11) is 0. The molecule has 0 saturated carbocycles. The Labute approximate surface area is 152 Å². The van der Waals surface area contributed by atoms with Crippen molar-refractivity contribution in [1.82, 2.24) is 19.5 Å². The molecular weight excluding hydrogens is 322 g/mol. The minimum Gasteiger partial charge on any atom is -0.325 e. The number of fused-ring (bicyclic) bond motifs is 1. The lowest BCUT2D eigenvalue weighted by molar-refractivity contribution is 0.590. The van der Waals surface area contributed by atoms with Crippen LogP contribution in [-0.4, -0.2) is 19.5 Å². The Morgan fingerprint density at radius 2 is 1.69 bits per heavy atom. The maximum absolute atomic E-state index is 4.75. The van der Waals surface area contributed by atoms with Gasteiger partial charge in [-0.1, -0.05) is 45.0 Å². The molecule has 5 heteroatoms. The van der Waals surface area contributed by atoms with E-state index in [4.69, 9.17) is 4.98 Å². The summed E-state index contributed by atoms with van der Waals surface area (Å²) in [6.45, 7) is 6.64. The lowest BCUT2D eigenvalue weighted by atomic mass is 9.87. The van der Waals surface area contributed by atoms with Crippen molar-refractivity contribution in [2.45, 2.75) is 26.2 Å². The van der Waals surface area contributed by atoms with Gasteiger partial charge >= 0.3 is 0 Å². The van der Waals surface area contributed by atoms with Gasteiger partial charge in [-0.3, -0.25) is 4.57 Å². The van der Waals surface area contributed by atoms with Crippen molar-refractivity contribution in [2.75, 3.05) is 5.32 Å². The summed E-state index contributed by atoms with van der Waals surface area (Å²) in [6.07, 6.45) is 3.28. The number of benzene rings is 2. The third-order valence-electron chi connectivity index (χ3n) is 4.36. The van der Waals surface area contributed by atoms with Crippen molar-refractivity contribution >= 4 is 22.7 Å². The molecule has 0 amide bonds. The third kappa shape index (κ3) is 3.04. The van der Waals surface area contributed by atoms with Gasteiger partial charge in [-0.2, -0.15) is 0 Å². The zero-order valence-corrected chi connectivity index (χ0v) is 15.1. The van der Waals surface area contributed by atoms with Gasteiger partial charge in [0.15, 0.2) is 0 Å². The van der Waals surface area contributed by atoms with Crippen molar-refractivity contribution < 1.29 is 0 Å². The van der Waals surface area contributed by atoms with Crippen LogP contribution in [0.5, 0.6) is 0 Å². The number of nitrogens with one attached hydrogen (secondary N) is 1. The monoisotopic (exact) mass is 343 g/mol. The Balaban J connectivity index is 1.77. The predicted octanol–water partition coefficient (Wildman–Crippen LogP) is 4.86. The Bertz CT molecular complexity index is 1030. The summed E-state index contributed by atoms with van der Waals surface area (Å²) >= 11 is 0. The number of imidazole rings is 1. The number of para-hydroxylation sites is 2. The van der Waals surface area contributed by atoms with E-state index in [1.54, 1.807) is 12.5 Å². The number of aromatic nitrogens is 4. The van der Waals surface area contributed by atoms with Crippen LogP contribution >= 0.6 is 0 Å². The molecule has 0 spiro atoms. The van der Waals surface area contributed by atoms with Crippen LogP contribution in [0.1, 0.15) is 26.3 Å². The second-order valence-electron chi connectivity index (χ2n) is 7.28. The molecule has 0 atom stereocenters. The molecule has 0 unspecified atom stereocenters. The standard InChI is InChI=1S/C21H21N5/c1-21(2,3)15-8-10-16(11-9-15)24-20-25-17-6-4-5-7-18(17)26(20)19-12-13-22-14-23-19/h4-14H,1-3H3,(H,24,25). The number of hydrogen-bond donors (Lipinski definition) is 1. The Kier molecular flexibility index (Phi) is 3.92. The summed E-state index contributed by atoms with van der Waals surface area (Å²) in [5, 5.41) is 3.43. The van der Waals surface area contributed by atoms with Crippen molar-refractivity contribution in [3.05, 3.63) is 72.7 Å². The van der Waals surface area contributed by atoms with Crippen LogP contribution in [0.4, 0.5) is 11.6 Å². The number of hydrogen-bond acceptors (Lipinski definition) is 4. The van der Waals surface area contributed by atoms with E-state index in [0.717, 1.165) is 28.5 Å². The Hall–Kier alpha value is -3.21. The molecule has 26 heavy (non-hydrogen) atoms. The summed E-state index contributed by atoms with van der Waals surface area (Å²) in [5.41, 5.74) is 4.34. The second-order valence-corrected chi connectivity index (χ2v) is 7.28. The normalized spacial score (nSPS) is 11.7. The van der Waals surface area contributed by atoms with Crippen LogP contribution in [-0.2, 0) is 5.41 Å². The summed E-state index contributed by atoms with van der Waals surface area (Å²) < 4.78 is 2.01. The third-order valence-corrected chi connectivity index (χ3v) is 4.36. The molecular formula is C21H21N5. The van der Waals surface area contributed by atoms with Gasteiger partial charge in [0.2, 0.25) is 5.95 Å². The molecule has 2 heterocycles. The molecule has 0 fully saturated rings. The minimum absolute atomic E-state index is 0.132. The molecule has 0 radical (unpaired) electrons. The Morgan fingerprint density at radius 3 is 2.38 bits per heavy atom. The van der Waals surface area contributed by atoms with Gasteiger partial charge in [-0.15, -0.1) is 0 Å². The zero-order chi connectivity index (χ0) is 18.1. The van der Waals surface area contributed by atoms with Crippen LogP contribution in [0.25, 0.3) is 16.9 Å². The Morgan fingerprint density at radius 1 is 0.923 bits per heavy atom. The first-order valence-corrected chi connectivity index (χ1v) is 8.64. The highest BCUT2D eigenvalue weighted by molar-refractivity contribution is 5.81. The summed E-state index contributed by atoms with van der Waals surface area (Å²) in [6, 6.07) is 18.4. The highest BCUT2D eigenvalue weighted by atomic mass is 15.2. The maximum atomic E-state index is 4.75. The van der Waals surface area contributed by atoms with E-state index in [9.17, 15) is 0 Å². The second kappa shape index (κ2) is 6.26. The lowest BCUT2D eigenvalue weighted by Gasteiger charge is -2.19. The van der Waals surface area contributed by atoms with Gasteiger partial charge in [-0.05, 0) is 41.3 Å². The van der Waals surface area contributed by atoms with Gasteiger partial charge < -0.3 is 5.32 Å². The highest BCUT2D eigenvalue weighted by Crippen LogP contribution is 2.28. The zero-order valence-electron chi connectivity index (χ0n) is 15.1. The van der Waals surface area contributed by atoms with E-state index < -0.39 is 0 Å². The van der Waals surface area contributed by atoms with E-state index in [-0.39, 0.29) is 5.41 Å². The molecule has 0 aliphatic rings. The molecule has 1 N–H and O–H groups in total. The SMILES string of the molecule is CC(C)(C)c1ccc(Nc2nc3ccccc3n2-c2ccncn2)cc1. The van der Waals surface area contributed by atoms with Crippen LogP contribution in [0.3, 0.4) is 0 Å². The van der Waals surface area contributed by atoms with Crippen molar-refractivity contribution in [2.24, 2.45) is 0 Å². The van der Waals surface area contributed by atoms with Crippen LogP contribution in [0, 0.1) is 0 Å². The van der Waals surface area contributed by atoms with Crippen LogP contribution in [0.15, 0.2) is 67.1 Å². The lowest BCUT2D eigenvalue weighted by Crippen LogP contribution is -2.10. The first-order chi connectivity index (χ1) is 12.5. The number of nitrogens with zero attached hydrogens (tertiary/aromatic N) is 4. The minimum atomic E-state index is 0.132. The summed E-state index contributed by atoms with van der Waals surface area (Å²) in [4.78, 5) is 13.2. The predicted molar refractivity (Wildman–Crippen MR) is 105 cm³/mol. The van der Waals surface area contributed by atoms with E-state index >= 15 is 0 Å². The molecule has 0 aliphatic carbocycles. The van der Waals surface area contributed by atoms with Crippen molar-refractivity contribution in [3.8, 4) is 5.82 Å². The van der Waals surface area contributed by atoms with E-state index in [1.807, 2.05) is 34.9 Å². The summed E-state index contributed by atoms with van der Waals surface area (Å²) in [5.74, 6) is 1.51.